The molecule has 0 radical (unpaired) electrons. The molecule has 3 atom stereocenters. The Bertz CT molecular complexity index is 541. The summed E-state index contributed by atoms with van der Waals surface area (Å²) in [6.07, 6.45) is 9.80. The van der Waals surface area contributed by atoms with Crippen LogP contribution >= 0.6 is 0 Å². The van der Waals surface area contributed by atoms with Gasteiger partial charge in [0.1, 0.15) is 0 Å². The van der Waals surface area contributed by atoms with E-state index < -0.39 is 0 Å². The van der Waals surface area contributed by atoms with Crippen molar-refractivity contribution in [2.45, 2.75) is 119 Å². The molecule has 0 amide bonds. The molecule has 1 rings (SSSR count). The van der Waals surface area contributed by atoms with Gasteiger partial charge in [-0.3, -0.25) is 14.4 Å². The largest absolute Gasteiger partial charge is 0.465 e. The molecule has 1 fully saturated rings. The third-order valence-electron chi connectivity index (χ3n) is 7.95. The van der Waals surface area contributed by atoms with Crippen molar-refractivity contribution in [2.75, 3.05) is 19.8 Å². The molecule has 36 heavy (non-hydrogen) atoms. The molecule has 0 aromatic heterocycles. The van der Waals surface area contributed by atoms with Crippen LogP contribution in [-0.2, 0) is 28.6 Å². The first kappa shape index (κ1) is 32.4. The quantitative estimate of drug-likeness (QED) is 0.144. The van der Waals surface area contributed by atoms with E-state index >= 15 is 0 Å². The van der Waals surface area contributed by atoms with Gasteiger partial charge in [0.25, 0.3) is 0 Å². The predicted octanol–water partition coefficient (Wildman–Crippen LogP) is 7.13. The van der Waals surface area contributed by atoms with Crippen LogP contribution in [0.5, 0.6) is 0 Å². The molecule has 0 spiro atoms. The number of hydrogen-bond donors (Lipinski definition) is 0. The van der Waals surface area contributed by atoms with Gasteiger partial charge in [-0.05, 0) is 74.0 Å². The fourth-order valence-electron chi connectivity index (χ4n) is 4.65. The Labute approximate surface area is 220 Å². The van der Waals surface area contributed by atoms with E-state index in [0.717, 1.165) is 57.8 Å². The molecule has 6 heteroatoms. The van der Waals surface area contributed by atoms with Gasteiger partial charge in [0.05, 0.1) is 19.8 Å². The molecule has 0 aliphatic heterocycles. The van der Waals surface area contributed by atoms with Gasteiger partial charge in [-0.15, -0.1) is 0 Å². The van der Waals surface area contributed by atoms with Crippen LogP contribution < -0.4 is 0 Å². The van der Waals surface area contributed by atoms with Crippen LogP contribution in [0, 0.1) is 35.5 Å². The molecule has 0 N–H and O–H groups in total. The van der Waals surface area contributed by atoms with Crippen LogP contribution in [-0.4, -0.2) is 37.7 Å². The standard InChI is InChI=1S/C30H54O6/c1-7-22(4)19-34-28(31)13-10-25-16-26(11-14-29(32)35-20-23(5)8-2)18-27(17-25)12-15-30(33)36-21-24(6)9-3/h22-27H,7-21H2,1-6H3. The molecule has 1 aliphatic rings. The van der Waals surface area contributed by atoms with Crippen LogP contribution in [0.3, 0.4) is 0 Å². The van der Waals surface area contributed by atoms with E-state index in [4.69, 9.17) is 14.2 Å². The highest BCUT2D eigenvalue weighted by molar-refractivity contribution is 5.70. The molecular weight excluding hydrogens is 456 g/mol. The molecular formula is C30H54O6. The molecule has 6 nitrogen and oxygen atoms in total. The summed E-state index contributed by atoms with van der Waals surface area (Å²) in [5, 5.41) is 0. The van der Waals surface area contributed by atoms with Crippen molar-refractivity contribution in [3.8, 4) is 0 Å². The molecule has 210 valence electrons. The van der Waals surface area contributed by atoms with E-state index in [9.17, 15) is 14.4 Å². The third-order valence-corrected chi connectivity index (χ3v) is 7.95. The minimum Gasteiger partial charge on any atom is -0.465 e. The van der Waals surface area contributed by atoms with Crippen LogP contribution in [0.1, 0.15) is 119 Å². The topological polar surface area (TPSA) is 78.9 Å². The maximum absolute atomic E-state index is 12.3. The van der Waals surface area contributed by atoms with Crippen molar-refractivity contribution >= 4 is 17.9 Å². The Balaban J connectivity index is 2.58. The average molecular weight is 511 g/mol. The normalized spacial score (nSPS) is 22.3. The Morgan fingerprint density at radius 3 is 1.03 bits per heavy atom. The number of rotatable bonds is 18. The van der Waals surface area contributed by atoms with E-state index in [1.54, 1.807) is 0 Å². The number of hydrogen-bond acceptors (Lipinski definition) is 6. The smallest absolute Gasteiger partial charge is 0.305 e. The van der Waals surface area contributed by atoms with E-state index in [1.165, 1.54) is 0 Å². The van der Waals surface area contributed by atoms with Crippen LogP contribution in [0.2, 0.25) is 0 Å². The Hall–Kier alpha value is -1.59. The summed E-state index contributed by atoms with van der Waals surface area (Å²) in [5.41, 5.74) is 0. The van der Waals surface area contributed by atoms with Gasteiger partial charge in [0.2, 0.25) is 0 Å². The molecule has 0 aromatic carbocycles. The summed E-state index contributed by atoms with van der Waals surface area (Å²) in [4.78, 5) is 36.8. The van der Waals surface area contributed by atoms with E-state index in [2.05, 4.69) is 41.5 Å². The second kappa shape index (κ2) is 18.6. The van der Waals surface area contributed by atoms with Gasteiger partial charge >= 0.3 is 17.9 Å². The zero-order valence-corrected chi connectivity index (χ0v) is 24.0. The van der Waals surface area contributed by atoms with Crippen LogP contribution in [0.4, 0.5) is 0 Å². The molecule has 1 aliphatic carbocycles. The lowest BCUT2D eigenvalue weighted by Crippen LogP contribution is -2.25. The lowest BCUT2D eigenvalue weighted by molar-refractivity contribution is -0.145. The molecule has 0 saturated heterocycles. The zero-order chi connectivity index (χ0) is 26.9. The van der Waals surface area contributed by atoms with Gasteiger partial charge in [-0.1, -0.05) is 60.8 Å². The van der Waals surface area contributed by atoms with E-state index in [0.29, 0.717) is 74.6 Å². The number of ether oxygens (including phenoxy) is 3. The van der Waals surface area contributed by atoms with Crippen molar-refractivity contribution in [3.63, 3.8) is 0 Å². The van der Waals surface area contributed by atoms with Crippen molar-refractivity contribution in [2.24, 2.45) is 35.5 Å². The minimum atomic E-state index is -0.115. The summed E-state index contributed by atoms with van der Waals surface area (Å²) in [5.74, 6) is 2.06. The van der Waals surface area contributed by atoms with Crippen LogP contribution in [0.15, 0.2) is 0 Å². The van der Waals surface area contributed by atoms with Gasteiger partial charge in [0, 0.05) is 19.3 Å². The van der Waals surface area contributed by atoms with Gasteiger partial charge in [-0.2, -0.15) is 0 Å². The first-order valence-electron chi connectivity index (χ1n) is 14.6. The van der Waals surface area contributed by atoms with Crippen molar-refractivity contribution in [1.29, 1.82) is 0 Å². The molecule has 1 saturated carbocycles. The zero-order valence-electron chi connectivity index (χ0n) is 24.0. The molecule has 0 heterocycles. The molecule has 0 bridgehead atoms. The number of carbonyl (C=O) groups excluding carboxylic acids is 3. The summed E-state index contributed by atoms with van der Waals surface area (Å²) in [6.45, 7) is 14.0. The maximum Gasteiger partial charge on any atom is 0.305 e. The van der Waals surface area contributed by atoms with Crippen molar-refractivity contribution in [3.05, 3.63) is 0 Å². The highest BCUT2D eigenvalue weighted by atomic mass is 16.5. The maximum atomic E-state index is 12.3. The summed E-state index contributed by atoms with van der Waals surface area (Å²) < 4.78 is 16.3. The third kappa shape index (κ3) is 14.8. The second-order valence-electron chi connectivity index (χ2n) is 11.5. The highest BCUT2D eigenvalue weighted by Crippen LogP contribution is 2.40. The van der Waals surface area contributed by atoms with Crippen molar-refractivity contribution in [1.82, 2.24) is 0 Å². The second-order valence-corrected chi connectivity index (χ2v) is 11.5. The van der Waals surface area contributed by atoms with Gasteiger partial charge < -0.3 is 14.2 Å². The van der Waals surface area contributed by atoms with E-state index in [-0.39, 0.29) is 17.9 Å². The molecule has 3 unspecified atom stereocenters. The minimum absolute atomic E-state index is 0.115. The average Bonchev–Trinajstić information content (AvgIpc) is 2.89. The lowest BCUT2D eigenvalue weighted by Gasteiger charge is -2.35. The fraction of sp³-hybridized carbons (Fsp3) is 0.900. The van der Waals surface area contributed by atoms with Gasteiger partial charge in [-0.25, -0.2) is 0 Å². The Kier molecular flexibility index (Phi) is 16.8. The lowest BCUT2D eigenvalue weighted by atomic mass is 9.71. The highest BCUT2D eigenvalue weighted by Gasteiger charge is 2.30. The number of carbonyl (C=O) groups is 3. The monoisotopic (exact) mass is 510 g/mol. The van der Waals surface area contributed by atoms with Crippen LogP contribution in [0.25, 0.3) is 0 Å². The number of esters is 3. The van der Waals surface area contributed by atoms with E-state index in [1.807, 2.05) is 0 Å². The first-order valence-corrected chi connectivity index (χ1v) is 14.6. The van der Waals surface area contributed by atoms with Gasteiger partial charge in [0.15, 0.2) is 0 Å². The summed E-state index contributed by atoms with van der Waals surface area (Å²) in [7, 11) is 0. The summed E-state index contributed by atoms with van der Waals surface area (Å²) in [6, 6.07) is 0. The Morgan fingerprint density at radius 1 is 0.556 bits per heavy atom. The Morgan fingerprint density at radius 2 is 0.806 bits per heavy atom. The fourth-order valence-corrected chi connectivity index (χ4v) is 4.65. The first-order chi connectivity index (χ1) is 17.2. The predicted molar refractivity (Wildman–Crippen MR) is 143 cm³/mol. The SMILES string of the molecule is CCC(C)COC(=O)CCC1CC(CCC(=O)OCC(C)CC)CC(CCC(=O)OCC(C)CC)C1. The van der Waals surface area contributed by atoms with Crippen molar-refractivity contribution < 1.29 is 28.6 Å². The summed E-state index contributed by atoms with van der Waals surface area (Å²) >= 11 is 0. The molecule has 0 aromatic rings.